The fourth-order valence-corrected chi connectivity index (χ4v) is 2.01. The lowest BCUT2D eigenvalue weighted by molar-refractivity contribution is -0.117. The fraction of sp³-hybridized carbons (Fsp3) is 0.333. The summed E-state index contributed by atoms with van der Waals surface area (Å²) in [5.41, 5.74) is 1.14. The van der Waals surface area contributed by atoms with E-state index in [0.29, 0.717) is 29.8 Å². The predicted octanol–water partition coefficient (Wildman–Crippen LogP) is 1.04. The van der Waals surface area contributed by atoms with Gasteiger partial charge in [-0.25, -0.2) is 0 Å². The van der Waals surface area contributed by atoms with Crippen LogP contribution in [-0.2, 0) is 4.79 Å². The molecule has 6 heteroatoms. The number of hydrogen-bond donors (Lipinski definition) is 2. The lowest BCUT2D eigenvalue weighted by Gasteiger charge is -2.09. The van der Waals surface area contributed by atoms with Gasteiger partial charge in [0.15, 0.2) is 0 Å². The number of aromatic amines is 1. The molecular formula is C15H19N3O3. The Hall–Kier alpha value is -2.34. The fourth-order valence-electron chi connectivity index (χ4n) is 2.01. The van der Waals surface area contributed by atoms with Crippen LogP contribution < -0.4 is 10.1 Å². The molecule has 1 heterocycles. The van der Waals surface area contributed by atoms with Gasteiger partial charge in [0.05, 0.1) is 12.7 Å². The number of benzene rings is 1. The minimum absolute atomic E-state index is 0.353. The van der Waals surface area contributed by atoms with E-state index in [1.54, 1.807) is 25.4 Å². The van der Waals surface area contributed by atoms with Crippen molar-refractivity contribution in [2.45, 2.75) is 0 Å². The molecule has 112 valence electrons. The molecular weight excluding hydrogens is 270 g/mol. The standard InChI is InChI=1S/C15H19N3O3/c1-18(2)7-6-16-15(20)14(19)12-9-17-13-5-4-10(21-3)8-11(12)13/h4-5,8-9,17H,6-7H2,1-3H3,(H,16,20). The molecule has 0 fully saturated rings. The number of carbonyl (C=O) groups is 2. The Morgan fingerprint density at radius 3 is 2.76 bits per heavy atom. The van der Waals surface area contributed by atoms with E-state index in [9.17, 15) is 9.59 Å². The molecule has 21 heavy (non-hydrogen) atoms. The lowest BCUT2D eigenvalue weighted by Crippen LogP contribution is -2.35. The SMILES string of the molecule is COc1ccc2[nH]cc(C(=O)C(=O)NCCN(C)C)c2c1. The Bertz CT molecular complexity index is 661. The van der Waals surface area contributed by atoms with Crippen molar-refractivity contribution < 1.29 is 14.3 Å². The average molecular weight is 289 g/mol. The molecule has 1 amide bonds. The Morgan fingerprint density at radius 1 is 1.33 bits per heavy atom. The van der Waals surface area contributed by atoms with E-state index in [4.69, 9.17) is 4.74 Å². The first-order valence-corrected chi connectivity index (χ1v) is 6.65. The predicted molar refractivity (Wildman–Crippen MR) is 80.7 cm³/mol. The summed E-state index contributed by atoms with van der Waals surface area (Å²) in [4.78, 5) is 29.0. The van der Waals surface area contributed by atoms with Crippen LogP contribution in [0.2, 0.25) is 0 Å². The monoisotopic (exact) mass is 289 g/mol. The smallest absolute Gasteiger partial charge is 0.292 e. The summed E-state index contributed by atoms with van der Waals surface area (Å²) in [5.74, 6) is -0.502. The van der Waals surface area contributed by atoms with E-state index in [0.717, 1.165) is 5.52 Å². The summed E-state index contributed by atoms with van der Waals surface area (Å²) >= 11 is 0. The third-order valence-electron chi connectivity index (χ3n) is 3.18. The Balaban J connectivity index is 2.17. The zero-order valence-electron chi connectivity index (χ0n) is 12.4. The molecule has 1 aromatic heterocycles. The molecule has 0 spiro atoms. The van der Waals surface area contributed by atoms with Crippen molar-refractivity contribution >= 4 is 22.6 Å². The van der Waals surface area contributed by atoms with Crippen LogP contribution in [0.5, 0.6) is 5.75 Å². The molecule has 0 bridgehead atoms. The minimum Gasteiger partial charge on any atom is -0.497 e. The zero-order chi connectivity index (χ0) is 15.4. The molecule has 1 aromatic carbocycles. The van der Waals surface area contributed by atoms with Gasteiger partial charge in [-0.15, -0.1) is 0 Å². The summed E-state index contributed by atoms with van der Waals surface area (Å²) < 4.78 is 5.15. The van der Waals surface area contributed by atoms with E-state index >= 15 is 0 Å². The van der Waals surface area contributed by atoms with Gasteiger partial charge < -0.3 is 19.9 Å². The number of hydrogen-bond acceptors (Lipinski definition) is 4. The van der Waals surface area contributed by atoms with Crippen molar-refractivity contribution in [3.63, 3.8) is 0 Å². The molecule has 2 N–H and O–H groups in total. The van der Waals surface area contributed by atoms with Gasteiger partial charge in [0.2, 0.25) is 0 Å². The molecule has 2 rings (SSSR count). The molecule has 0 radical (unpaired) electrons. The van der Waals surface area contributed by atoms with Gasteiger partial charge in [-0.2, -0.15) is 0 Å². The van der Waals surface area contributed by atoms with E-state index < -0.39 is 11.7 Å². The first-order valence-electron chi connectivity index (χ1n) is 6.65. The third kappa shape index (κ3) is 3.41. The molecule has 0 aliphatic heterocycles. The Labute approximate surface area is 123 Å². The highest BCUT2D eigenvalue weighted by Gasteiger charge is 2.19. The first-order chi connectivity index (χ1) is 10.0. The topological polar surface area (TPSA) is 74.4 Å². The van der Waals surface area contributed by atoms with Crippen LogP contribution in [0.4, 0.5) is 0 Å². The highest BCUT2D eigenvalue weighted by Crippen LogP contribution is 2.23. The number of fused-ring (bicyclic) bond motifs is 1. The Morgan fingerprint density at radius 2 is 2.10 bits per heavy atom. The van der Waals surface area contributed by atoms with Gasteiger partial charge >= 0.3 is 0 Å². The quantitative estimate of drug-likeness (QED) is 0.615. The molecule has 0 aliphatic rings. The van der Waals surface area contributed by atoms with Crippen molar-refractivity contribution in [1.82, 2.24) is 15.2 Å². The summed E-state index contributed by atoms with van der Waals surface area (Å²) in [5, 5.41) is 3.30. The largest absolute Gasteiger partial charge is 0.497 e. The molecule has 6 nitrogen and oxygen atoms in total. The van der Waals surface area contributed by atoms with Crippen LogP contribution in [-0.4, -0.2) is 55.9 Å². The summed E-state index contributed by atoms with van der Waals surface area (Å²) in [6.45, 7) is 1.12. The number of ketones is 1. The summed E-state index contributed by atoms with van der Waals surface area (Å²) in [6, 6.07) is 5.35. The minimum atomic E-state index is -0.597. The van der Waals surface area contributed by atoms with Crippen LogP contribution in [0, 0.1) is 0 Å². The number of rotatable bonds is 6. The highest BCUT2D eigenvalue weighted by molar-refractivity contribution is 6.45. The summed E-state index contributed by atoms with van der Waals surface area (Å²) in [7, 11) is 5.36. The average Bonchev–Trinajstić information content (AvgIpc) is 2.88. The van der Waals surface area contributed by atoms with Crippen LogP contribution in [0.3, 0.4) is 0 Å². The van der Waals surface area contributed by atoms with Gasteiger partial charge in [0.1, 0.15) is 5.75 Å². The Kier molecular flexibility index (Phi) is 4.59. The van der Waals surface area contributed by atoms with Crippen LogP contribution in [0.1, 0.15) is 10.4 Å². The maximum Gasteiger partial charge on any atom is 0.292 e. The van der Waals surface area contributed by atoms with Gasteiger partial charge in [-0.3, -0.25) is 9.59 Å². The van der Waals surface area contributed by atoms with E-state index in [2.05, 4.69) is 10.3 Å². The second-order valence-corrected chi connectivity index (χ2v) is 5.00. The van der Waals surface area contributed by atoms with Crippen LogP contribution in [0.15, 0.2) is 24.4 Å². The highest BCUT2D eigenvalue weighted by atomic mass is 16.5. The number of ether oxygens (including phenoxy) is 1. The van der Waals surface area contributed by atoms with Gasteiger partial charge in [-0.05, 0) is 32.3 Å². The number of methoxy groups -OCH3 is 1. The zero-order valence-corrected chi connectivity index (χ0v) is 12.4. The molecule has 0 aliphatic carbocycles. The van der Waals surface area contributed by atoms with Crippen molar-refractivity contribution in [1.29, 1.82) is 0 Å². The lowest BCUT2D eigenvalue weighted by atomic mass is 10.1. The van der Waals surface area contributed by atoms with Gasteiger partial charge in [0.25, 0.3) is 11.7 Å². The second-order valence-electron chi connectivity index (χ2n) is 5.00. The number of amides is 1. The molecule has 0 atom stereocenters. The van der Waals surface area contributed by atoms with Crippen molar-refractivity contribution in [3.05, 3.63) is 30.0 Å². The first kappa shape index (κ1) is 15.1. The van der Waals surface area contributed by atoms with Crippen molar-refractivity contribution in [3.8, 4) is 5.75 Å². The maximum atomic E-state index is 12.2. The maximum absolute atomic E-state index is 12.2. The number of aromatic nitrogens is 1. The second kappa shape index (κ2) is 6.41. The van der Waals surface area contributed by atoms with E-state index in [1.165, 1.54) is 0 Å². The number of nitrogens with zero attached hydrogens (tertiary/aromatic N) is 1. The number of H-pyrrole nitrogens is 1. The van der Waals surface area contributed by atoms with E-state index in [-0.39, 0.29) is 0 Å². The van der Waals surface area contributed by atoms with Crippen molar-refractivity contribution in [2.24, 2.45) is 0 Å². The summed E-state index contributed by atoms with van der Waals surface area (Å²) in [6.07, 6.45) is 1.55. The molecule has 0 saturated heterocycles. The number of Topliss-reactive ketones (excluding diaryl/α,β-unsaturated/α-hetero) is 1. The number of carbonyl (C=O) groups excluding carboxylic acids is 2. The normalized spacial score (nSPS) is 10.9. The molecule has 0 saturated carbocycles. The number of likely N-dealkylation sites (N-methyl/N-ethyl adjacent to an activating group) is 1. The van der Waals surface area contributed by atoms with Gasteiger partial charge in [-0.1, -0.05) is 0 Å². The van der Waals surface area contributed by atoms with Crippen molar-refractivity contribution in [2.75, 3.05) is 34.3 Å². The molecule has 2 aromatic rings. The van der Waals surface area contributed by atoms with Crippen LogP contribution in [0.25, 0.3) is 10.9 Å². The third-order valence-corrected chi connectivity index (χ3v) is 3.18. The molecule has 0 unspecified atom stereocenters. The van der Waals surface area contributed by atoms with Gasteiger partial charge in [0, 0.05) is 30.2 Å². The number of nitrogens with one attached hydrogen (secondary N) is 2. The van der Waals surface area contributed by atoms with E-state index in [1.807, 2.05) is 25.1 Å². The van der Waals surface area contributed by atoms with Crippen LogP contribution >= 0.6 is 0 Å².